The summed E-state index contributed by atoms with van der Waals surface area (Å²) in [5.41, 5.74) is 0.425. The van der Waals surface area contributed by atoms with E-state index in [-0.39, 0.29) is 0 Å². The third-order valence-electron chi connectivity index (χ3n) is 3.39. The Bertz CT molecular complexity index is 141. The molecule has 0 aliphatic carbocycles. The van der Waals surface area contributed by atoms with Crippen molar-refractivity contribution in [2.24, 2.45) is 11.3 Å². The second kappa shape index (κ2) is 5.35. The molecule has 0 radical (unpaired) electrons. The van der Waals surface area contributed by atoms with Crippen molar-refractivity contribution in [2.75, 3.05) is 18.5 Å². The molecule has 0 spiro atoms. The van der Waals surface area contributed by atoms with Crippen molar-refractivity contribution in [1.82, 2.24) is 0 Å². The Morgan fingerprint density at radius 1 is 1.54 bits per heavy atom. The van der Waals surface area contributed by atoms with Crippen molar-refractivity contribution in [3.05, 3.63) is 0 Å². The summed E-state index contributed by atoms with van der Waals surface area (Å²) in [7, 11) is 0. The van der Waals surface area contributed by atoms with Gasteiger partial charge in [-0.1, -0.05) is 42.6 Å². The van der Waals surface area contributed by atoms with Gasteiger partial charge < -0.3 is 4.74 Å². The Hall–Kier alpha value is 0.440. The van der Waals surface area contributed by atoms with E-state index in [0.29, 0.717) is 5.41 Å². The number of alkyl halides is 1. The van der Waals surface area contributed by atoms with Gasteiger partial charge in [-0.2, -0.15) is 0 Å². The van der Waals surface area contributed by atoms with Crippen LogP contribution < -0.4 is 0 Å². The lowest BCUT2D eigenvalue weighted by Crippen LogP contribution is -2.39. The van der Waals surface area contributed by atoms with Crippen LogP contribution in [0.1, 0.15) is 39.5 Å². The van der Waals surface area contributed by atoms with Crippen molar-refractivity contribution in [1.29, 1.82) is 0 Å². The molecule has 0 N–H and O–H groups in total. The number of hydrogen-bond acceptors (Lipinski definition) is 1. The van der Waals surface area contributed by atoms with E-state index in [1.807, 2.05) is 0 Å². The zero-order valence-corrected chi connectivity index (χ0v) is 10.4. The van der Waals surface area contributed by atoms with Crippen LogP contribution in [-0.4, -0.2) is 18.5 Å². The smallest absolute Gasteiger partial charge is 0.0533 e. The average Bonchev–Trinajstić information content (AvgIpc) is 2.19. The SMILES string of the molecule is CCCC(C)C1(CBr)CCCOC1. The van der Waals surface area contributed by atoms with Gasteiger partial charge in [-0.25, -0.2) is 0 Å². The summed E-state index contributed by atoms with van der Waals surface area (Å²) < 4.78 is 5.61. The summed E-state index contributed by atoms with van der Waals surface area (Å²) in [6.45, 7) is 6.56. The largest absolute Gasteiger partial charge is 0.381 e. The molecule has 1 heterocycles. The molecule has 1 nitrogen and oxygen atoms in total. The molecule has 1 aliphatic rings. The van der Waals surface area contributed by atoms with Crippen LogP contribution in [0.25, 0.3) is 0 Å². The third kappa shape index (κ3) is 2.69. The Kier molecular flexibility index (Phi) is 4.74. The van der Waals surface area contributed by atoms with E-state index in [1.54, 1.807) is 0 Å². The van der Waals surface area contributed by atoms with Crippen LogP contribution in [0.15, 0.2) is 0 Å². The Morgan fingerprint density at radius 3 is 2.77 bits per heavy atom. The second-order valence-electron chi connectivity index (χ2n) is 4.34. The number of ether oxygens (including phenoxy) is 1. The molecule has 0 amide bonds. The van der Waals surface area contributed by atoms with Crippen molar-refractivity contribution in [3.63, 3.8) is 0 Å². The van der Waals surface area contributed by atoms with Crippen LogP contribution in [0.5, 0.6) is 0 Å². The fourth-order valence-electron chi connectivity index (χ4n) is 2.24. The molecule has 2 unspecified atom stereocenters. The minimum atomic E-state index is 0.425. The molecular formula is C11H21BrO. The van der Waals surface area contributed by atoms with E-state index < -0.39 is 0 Å². The van der Waals surface area contributed by atoms with E-state index >= 15 is 0 Å². The lowest BCUT2D eigenvalue weighted by Gasteiger charge is -2.40. The lowest BCUT2D eigenvalue weighted by molar-refractivity contribution is -0.0252. The first-order chi connectivity index (χ1) is 6.25. The minimum Gasteiger partial charge on any atom is -0.381 e. The first-order valence-corrected chi connectivity index (χ1v) is 6.51. The normalized spacial score (nSPS) is 31.6. The van der Waals surface area contributed by atoms with Gasteiger partial charge >= 0.3 is 0 Å². The van der Waals surface area contributed by atoms with Gasteiger partial charge in [-0.05, 0) is 18.8 Å². The average molecular weight is 249 g/mol. The molecule has 0 aromatic carbocycles. The highest BCUT2D eigenvalue weighted by atomic mass is 79.9. The van der Waals surface area contributed by atoms with Crippen LogP contribution in [0.3, 0.4) is 0 Å². The number of halogens is 1. The Labute approximate surface area is 90.4 Å². The molecule has 1 saturated heterocycles. The molecule has 0 aromatic heterocycles. The number of hydrogen-bond donors (Lipinski definition) is 0. The molecular weight excluding hydrogens is 228 g/mol. The van der Waals surface area contributed by atoms with Gasteiger partial charge in [0.05, 0.1) is 6.61 Å². The molecule has 1 aliphatic heterocycles. The zero-order chi connectivity index (χ0) is 9.73. The fraction of sp³-hybridized carbons (Fsp3) is 1.00. The predicted molar refractivity (Wildman–Crippen MR) is 60.4 cm³/mol. The van der Waals surface area contributed by atoms with Crippen molar-refractivity contribution >= 4 is 15.9 Å². The summed E-state index contributed by atoms with van der Waals surface area (Å²) >= 11 is 3.66. The van der Waals surface area contributed by atoms with Crippen LogP contribution in [0.4, 0.5) is 0 Å². The van der Waals surface area contributed by atoms with Crippen LogP contribution in [0, 0.1) is 11.3 Å². The van der Waals surface area contributed by atoms with E-state index in [0.717, 1.165) is 24.5 Å². The molecule has 0 aromatic rings. The fourth-order valence-corrected chi connectivity index (χ4v) is 3.23. The van der Waals surface area contributed by atoms with E-state index in [4.69, 9.17) is 4.74 Å². The monoisotopic (exact) mass is 248 g/mol. The van der Waals surface area contributed by atoms with Gasteiger partial charge in [-0.3, -0.25) is 0 Å². The van der Waals surface area contributed by atoms with Crippen molar-refractivity contribution in [2.45, 2.75) is 39.5 Å². The summed E-state index contributed by atoms with van der Waals surface area (Å²) in [5, 5.41) is 1.10. The maximum absolute atomic E-state index is 5.61. The first-order valence-electron chi connectivity index (χ1n) is 5.39. The molecule has 78 valence electrons. The quantitative estimate of drug-likeness (QED) is 0.691. The molecule has 13 heavy (non-hydrogen) atoms. The highest BCUT2D eigenvalue weighted by molar-refractivity contribution is 9.09. The van der Waals surface area contributed by atoms with Crippen molar-refractivity contribution < 1.29 is 4.74 Å². The van der Waals surface area contributed by atoms with Gasteiger partial charge in [0.15, 0.2) is 0 Å². The van der Waals surface area contributed by atoms with Crippen LogP contribution >= 0.6 is 15.9 Å². The van der Waals surface area contributed by atoms with Gasteiger partial charge in [0.2, 0.25) is 0 Å². The highest BCUT2D eigenvalue weighted by Crippen LogP contribution is 2.40. The molecule has 2 atom stereocenters. The summed E-state index contributed by atoms with van der Waals surface area (Å²) in [4.78, 5) is 0. The summed E-state index contributed by atoms with van der Waals surface area (Å²) in [5.74, 6) is 0.789. The maximum atomic E-state index is 5.61. The Balaban J connectivity index is 2.55. The van der Waals surface area contributed by atoms with E-state index in [2.05, 4.69) is 29.8 Å². The predicted octanol–water partition coefficient (Wildman–Crippen LogP) is 3.61. The zero-order valence-electron chi connectivity index (χ0n) is 8.81. The summed E-state index contributed by atoms with van der Waals surface area (Å²) in [6.07, 6.45) is 5.18. The summed E-state index contributed by atoms with van der Waals surface area (Å²) in [6, 6.07) is 0. The van der Waals surface area contributed by atoms with Gasteiger partial charge in [0, 0.05) is 17.4 Å². The van der Waals surface area contributed by atoms with E-state index in [1.165, 1.54) is 25.7 Å². The Morgan fingerprint density at radius 2 is 2.31 bits per heavy atom. The number of rotatable bonds is 4. The second-order valence-corrected chi connectivity index (χ2v) is 4.90. The molecule has 0 bridgehead atoms. The molecule has 0 saturated carbocycles. The standard InChI is InChI=1S/C11H21BrO/c1-3-5-10(2)11(8-12)6-4-7-13-9-11/h10H,3-9H2,1-2H3. The highest BCUT2D eigenvalue weighted by Gasteiger charge is 2.36. The maximum Gasteiger partial charge on any atom is 0.0533 e. The van der Waals surface area contributed by atoms with Crippen LogP contribution in [-0.2, 0) is 4.74 Å². The first kappa shape index (κ1) is 11.5. The molecule has 1 rings (SSSR count). The van der Waals surface area contributed by atoms with Crippen molar-refractivity contribution in [3.8, 4) is 0 Å². The third-order valence-corrected chi connectivity index (χ3v) is 4.50. The van der Waals surface area contributed by atoms with Gasteiger partial charge in [0.25, 0.3) is 0 Å². The molecule has 1 fully saturated rings. The van der Waals surface area contributed by atoms with E-state index in [9.17, 15) is 0 Å². The van der Waals surface area contributed by atoms with Gasteiger partial charge in [-0.15, -0.1) is 0 Å². The topological polar surface area (TPSA) is 9.23 Å². The van der Waals surface area contributed by atoms with Gasteiger partial charge in [0.1, 0.15) is 0 Å². The minimum absolute atomic E-state index is 0.425. The van der Waals surface area contributed by atoms with Crippen LogP contribution in [0.2, 0.25) is 0 Å². The lowest BCUT2D eigenvalue weighted by atomic mass is 9.72. The molecule has 2 heteroatoms.